The van der Waals surface area contributed by atoms with Crippen LogP contribution in [0.5, 0.6) is 0 Å². The molecule has 0 aliphatic heterocycles. The van der Waals surface area contributed by atoms with Gasteiger partial charge in [0, 0.05) is 5.92 Å². The number of hydrogen-bond acceptors (Lipinski definition) is 5. The number of rotatable bonds is 6. The summed E-state index contributed by atoms with van der Waals surface area (Å²) in [6.45, 7) is 0.275. The average molecular weight is 366 g/mol. The van der Waals surface area contributed by atoms with Crippen molar-refractivity contribution >= 4 is 33.6 Å². The first-order chi connectivity index (χ1) is 10.5. The van der Waals surface area contributed by atoms with Gasteiger partial charge < -0.3 is 14.5 Å². The van der Waals surface area contributed by atoms with E-state index in [4.69, 9.17) is 4.42 Å². The van der Waals surface area contributed by atoms with Crippen LogP contribution in [-0.2, 0) is 11.3 Å². The molecular formula is C14H12BrN3O4. The van der Waals surface area contributed by atoms with Gasteiger partial charge in [-0.1, -0.05) is 0 Å². The summed E-state index contributed by atoms with van der Waals surface area (Å²) in [4.78, 5) is 21.7. The Morgan fingerprint density at radius 1 is 1.55 bits per heavy atom. The fourth-order valence-electron chi connectivity index (χ4n) is 1.99. The molecule has 2 aromatic rings. The van der Waals surface area contributed by atoms with Crippen LogP contribution in [0.15, 0.2) is 33.3 Å². The molecule has 22 heavy (non-hydrogen) atoms. The van der Waals surface area contributed by atoms with E-state index < -0.39 is 4.92 Å². The van der Waals surface area contributed by atoms with Gasteiger partial charge in [-0.3, -0.25) is 4.79 Å². The van der Waals surface area contributed by atoms with Gasteiger partial charge in [-0.25, -0.2) is 0 Å². The molecule has 0 aromatic carbocycles. The van der Waals surface area contributed by atoms with Crippen LogP contribution in [0, 0.1) is 16.0 Å². The topological polar surface area (TPSA) is 91.2 Å². The summed E-state index contributed by atoms with van der Waals surface area (Å²) < 4.78 is 7.30. The number of nitro groups is 1. The van der Waals surface area contributed by atoms with Crippen molar-refractivity contribution in [3.05, 3.63) is 50.5 Å². The summed E-state index contributed by atoms with van der Waals surface area (Å²) >= 11 is 3.09. The zero-order chi connectivity index (χ0) is 15.7. The summed E-state index contributed by atoms with van der Waals surface area (Å²) in [7, 11) is 0. The van der Waals surface area contributed by atoms with Gasteiger partial charge in [0.15, 0.2) is 5.78 Å². The number of nitrogens with zero attached hydrogens (tertiary/aromatic N) is 3. The molecular weight excluding hydrogens is 354 g/mol. The van der Waals surface area contributed by atoms with Crippen LogP contribution in [0.4, 0.5) is 5.82 Å². The Hall–Kier alpha value is -2.22. The van der Waals surface area contributed by atoms with Gasteiger partial charge in [0.25, 0.3) is 0 Å². The van der Waals surface area contributed by atoms with Crippen LogP contribution in [0.3, 0.4) is 0 Å². The van der Waals surface area contributed by atoms with Crippen LogP contribution in [0.2, 0.25) is 0 Å². The molecule has 8 heteroatoms. The van der Waals surface area contributed by atoms with Crippen molar-refractivity contribution in [3.8, 4) is 0 Å². The molecule has 1 aliphatic rings. The smallest absolute Gasteiger partial charge is 0.404 e. The number of furan rings is 1. The predicted molar refractivity (Wildman–Crippen MR) is 81.2 cm³/mol. The predicted octanol–water partition coefficient (Wildman–Crippen LogP) is 3.19. The summed E-state index contributed by atoms with van der Waals surface area (Å²) in [6.07, 6.45) is 6.65. The Morgan fingerprint density at radius 3 is 2.95 bits per heavy atom. The summed E-state index contributed by atoms with van der Waals surface area (Å²) in [5.74, 6) is 1.26. The minimum Gasteiger partial charge on any atom is -0.460 e. The lowest BCUT2D eigenvalue weighted by molar-refractivity contribution is -0.390. The number of aromatic nitrogens is 2. The van der Waals surface area contributed by atoms with Gasteiger partial charge in [-0.2, -0.15) is 4.68 Å². The highest BCUT2D eigenvalue weighted by Crippen LogP contribution is 2.30. The molecule has 0 unspecified atom stereocenters. The van der Waals surface area contributed by atoms with Crippen molar-refractivity contribution in [2.75, 3.05) is 0 Å². The minimum absolute atomic E-state index is 0.129. The van der Waals surface area contributed by atoms with Crippen LogP contribution >= 0.6 is 15.9 Å². The van der Waals surface area contributed by atoms with E-state index in [-0.39, 0.29) is 24.1 Å². The Kier molecular flexibility index (Phi) is 3.93. The second kappa shape index (κ2) is 5.88. The van der Waals surface area contributed by atoms with E-state index in [1.165, 1.54) is 17.0 Å². The molecule has 0 radical (unpaired) electrons. The highest BCUT2D eigenvalue weighted by atomic mass is 79.9. The average Bonchev–Trinajstić information content (AvgIpc) is 3.13. The van der Waals surface area contributed by atoms with Crippen molar-refractivity contribution in [3.63, 3.8) is 0 Å². The third-order valence-corrected chi connectivity index (χ3v) is 3.82. The van der Waals surface area contributed by atoms with Gasteiger partial charge in [0.2, 0.25) is 0 Å². The monoisotopic (exact) mass is 365 g/mol. The number of halogens is 1. The van der Waals surface area contributed by atoms with E-state index in [2.05, 4.69) is 21.0 Å². The summed E-state index contributed by atoms with van der Waals surface area (Å²) in [5.41, 5.74) is 0. The van der Waals surface area contributed by atoms with E-state index in [0.29, 0.717) is 16.0 Å². The molecule has 0 N–H and O–H groups in total. The summed E-state index contributed by atoms with van der Waals surface area (Å²) in [6, 6.07) is 3.50. The number of carbonyl (C=O) groups excluding carboxylic acids is 1. The van der Waals surface area contributed by atoms with Gasteiger partial charge >= 0.3 is 5.82 Å². The zero-order valence-electron chi connectivity index (χ0n) is 11.4. The molecule has 0 bridgehead atoms. The van der Waals surface area contributed by atoms with Crippen molar-refractivity contribution < 1.29 is 14.1 Å². The largest absolute Gasteiger partial charge is 0.460 e. The summed E-state index contributed by atoms with van der Waals surface area (Å²) in [5, 5.41) is 14.6. The molecule has 114 valence electrons. The molecule has 0 atom stereocenters. The number of allylic oxidation sites excluding steroid dienone is 1. The Morgan fingerprint density at radius 2 is 2.32 bits per heavy atom. The Balaban J connectivity index is 1.67. The van der Waals surface area contributed by atoms with Crippen LogP contribution in [0.1, 0.15) is 24.4 Å². The highest BCUT2D eigenvalue weighted by molar-refractivity contribution is 9.10. The minimum atomic E-state index is -0.555. The molecule has 3 rings (SSSR count). The third kappa shape index (κ3) is 3.33. The lowest BCUT2D eigenvalue weighted by Crippen LogP contribution is -2.00. The maximum Gasteiger partial charge on any atom is 0.404 e. The van der Waals surface area contributed by atoms with Crippen molar-refractivity contribution in [1.82, 2.24) is 9.78 Å². The van der Waals surface area contributed by atoms with Gasteiger partial charge in [0.1, 0.15) is 22.5 Å². The fraction of sp³-hybridized carbons (Fsp3) is 0.286. The second-order valence-corrected chi connectivity index (χ2v) is 5.92. The fourth-order valence-corrected chi connectivity index (χ4v) is 2.45. The van der Waals surface area contributed by atoms with E-state index in [1.807, 2.05) is 0 Å². The first-order valence-electron chi connectivity index (χ1n) is 6.71. The van der Waals surface area contributed by atoms with Crippen LogP contribution in [0.25, 0.3) is 6.08 Å². The van der Waals surface area contributed by atoms with Crippen molar-refractivity contribution in [1.29, 1.82) is 0 Å². The van der Waals surface area contributed by atoms with E-state index >= 15 is 0 Å². The van der Waals surface area contributed by atoms with E-state index in [1.54, 1.807) is 18.2 Å². The molecule has 0 amide bonds. The lowest BCUT2D eigenvalue weighted by Gasteiger charge is -1.92. The third-order valence-electron chi connectivity index (χ3n) is 3.26. The second-order valence-electron chi connectivity index (χ2n) is 5.07. The standard InChI is InChI=1S/C14H12BrN3O4/c15-12-8-17(16-14(12)18(20)21)7-11-4-3-10(22-11)5-6-13(19)9-1-2-9/h3-6,8-9H,1-2,7H2/b6-5+. The maximum absolute atomic E-state index is 11.6. The molecule has 0 spiro atoms. The van der Waals surface area contributed by atoms with Gasteiger partial charge in [0.05, 0.1) is 11.3 Å². The lowest BCUT2D eigenvalue weighted by atomic mass is 10.2. The first-order valence-corrected chi connectivity index (χ1v) is 7.50. The van der Waals surface area contributed by atoms with E-state index in [9.17, 15) is 14.9 Å². The van der Waals surface area contributed by atoms with Crippen LogP contribution in [-0.4, -0.2) is 20.5 Å². The SMILES string of the molecule is O=C(/C=C/c1ccc(Cn2cc(Br)c([N+](=O)[O-])n2)o1)C1CC1. The maximum atomic E-state index is 11.6. The van der Waals surface area contributed by atoms with Crippen LogP contribution < -0.4 is 0 Å². The van der Waals surface area contributed by atoms with Crippen molar-refractivity contribution in [2.45, 2.75) is 19.4 Å². The molecule has 1 fully saturated rings. The van der Waals surface area contributed by atoms with Gasteiger partial charge in [-0.05, 0) is 58.0 Å². The quantitative estimate of drug-likeness (QED) is 0.445. The normalized spacial score (nSPS) is 14.6. The molecule has 1 saturated carbocycles. The molecule has 2 aromatic heterocycles. The molecule has 1 aliphatic carbocycles. The zero-order valence-corrected chi connectivity index (χ0v) is 13.0. The Bertz CT molecular complexity index is 758. The first kappa shape index (κ1) is 14.7. The number of carbonyl (C=O) groups is 1. The van der Waals surface area contributed by atoms with Crippen molar-refractivity contribution in [2.24, 2.45) is 5.92 Å². The highest BCUT2D eigenvalue weighted by Gasteiger charge is 2.27. The number of hydrogen-bond donors (Lipinski definition) is 0. The molecule has 2 heterocycles. The Labute approximate surface area is 133 Å². The number of ketones is 1. The van der Waals surface area contributed by atoms with E-state index in [0.717, 1.165) is 12.8 Å². The molecule has 0 saturated heterocycles. The van der Waals surface area contributed by atoms with Gasteiger partial charge in [-0.15, -0.1) is 0 Å². The molecule has 7 nitrogen and oxygen atoms in total.